The summed E-state index contributed by atoms with van der Waals surface area (Å²) in [5.74, 6) is -0.322. The molecule has 1 amide bonds. The highest BCUT2D eigenvalue weighted by molar-refractivity contribution is 7.92. The fourth-order valence-electron chi connectivity index (χ4n) is 2.85. The van der Waals surface area contributed by atoms with Crippen LogP contribution in [-0.2, 0) is 16.6 Å². The van der Waals surface area contributed by atoms with Crippen LogP contribution >= 0.6 is 0 Å². The highest BCUT2D eigenvalue weighted by Gasteiger charge is 2.19. The molecule has 0 unspecified atom stereocenters. The molecule has 6 heteroatoms. The summed E-state index contributed by atoms with van der Waals surface area (Å²) in [6.45, 7) is 6.01. The number of amides is 1. The Hall–Kier alpha value is -3.12. The van der Waals surface area contributed by atoms with E-state index in [-0.39, 0.29) is 10.8 Å². The first-order valence-corrected chi connectivity index (χ1v) is 10.8. The molecular weight excluding hydrogens is 384 g/mol. The third-order valence-corrected chi connectivity index (χ3v) is 6.14. The molecule has 0 bridgehead atoms. The molecule has 0 aliphatic carbocycles. The Labute approximate surface area is 171 Å². The Balaban J connectivity index is 1.78. The van der Waals surface area contributed by atoms with Crippen LogP contribution < -0.4 is 10.0 Å². The summed E-state index contributed by atoms with van der Waals surface area (Å²) in [6.07, 6.45) is 0. The lowest BCUT2D eigenvalue weighted by molar-refractivity contribution is 0.0950. The highest BCUT2D eigenvalue weighted by Crippen LogP contribution is 2.21. The van der Waals surface area contributed by atoms with Gasteiger partial charge in [-0.1, -0.05) is 53.6 Å². The van der Waals surface area contributed by atoms with E-state index in [1.165, 1.54) is 6.07 Å². The van der Waals surface area contributed by atoms with Crippen LogP contribution in [0, 0.1) is 20.8 Å². The number of anilines is 1. The van der Waals surface area contributed by atoms with Crippen molar-refractivity contribution in [2.75, 3.05) is 4.72 Å². The van der Waals surface area contributed by atoms with Gasteiger partial charge in [0.05, 0.1) is 4.90 Å². The van der Waals surface area contributed by atoms with Crippen LogP contribution in [0.2, 0.25) is 0 Å². The van der Waals surface area contributed by atoms with E-state index in [0.717, 1.165) is 16.7 Å². The SMILES string of the molecule is Cc1ccc(CNC(=O)c2ccc(C)c(S(=O)(=O)Nc3ccc(C)cc3)c2)cc1. The largest absolute Gasteiger partial charge is 0.348 e. The first kappa shape index (κ1) is 20.6. The molecule has 150 valence electrons. The molecule has 3 aromatic carbocycles. The first-order chi connectivity index (χ1) is 13.7. The van der Waals surface area contributed by atoms with Crippen LogP contribution in [0.4, 0.5) is 5.69 Å². The van der Waals surface area contributed by atoms with Crippen molar-refractivity contribution >= 4 is 21.6 Å². The number of hydrogen-bond donors (Lipinski definition) is 2. The summed E-state index contributed by atoms with van der Waals surface area (Å²) in [7, 11) is -3.81. The smallest absolute Gasteiger partial charge is 0.262 e. The van der Waals surface area contributed by atoms with Crippen LogP contribution in [0.3, 0.4) is 0 Å². The molecule has 3 aromatic rings. The Morgan fingerprint density at radius 3 is 2.03 bits per heavy atom. The minimum Gasteiger partial charge on any atom is -0.348 e. The van der Waals surface area contributed by atoms with Crippen LogP contribution in [0.25, 0.3) is 0 Å². The van der Waals surface area contributed by atoms with Crippen molar-refractivity contribution in [1.29, 1.82) is 0 Å². The molecule has 0 fully saturated rings. The number of nitrogens with one attached hydrogen (secondary N) is 2. The molecule has 29 heavy (non-hydrogen) atoms. The van der Waals surface area contributed by atoms with Gasteiger partial charge in [-0.15, -0.1) is 0 Å². The van der Waals surface area contributed by atoms with Crippen molar-refractivity contribution in [3.8, 4) is 0 Å². The van der Waals surface area contributed by atoms with E-state index < -0.39 is 10.0 Å². The minimum absolute atomic E-state index is 0.0843. The topological polar surface area (TPSA) is 75.3 Å². The van der Waals surface area contributed by atoms with E-state index >= 15 is 0 Å². The summed E-state index contributed by atoms with van der Waals surface area (Å²) in [5, 5.41) is 2.83. The van der Waals surface area contributed by atoms with Crippen LogP contribution in [0.15, 0.2) is 71.6 Å². The standard InChI is InChI=1S/C23H24N2O3S/c1-16-4-9-19(10-5-16)15-24-23(26)20-11-8-18(3)22(14-20)29(27,28)25-21-12-6-17(2)7-13-21/h4-14,25H,15H2,1-3H3,(H,24,26). The second-order valence-electron chi connectivity index (χ2n) is 7.12. The van der Waals surface area contributed by atoms with Crippen molar-refractivity contribution in [1.82, 2.24) is 5.32 Å². The zero-order valence-electron chi connectivity index (χ0n) is 16.7. The summed E-state index contributed by atoms with van der Waals surface area (Å²) in [6, 6.07) is 19.6. The molecule has 5 nitrogen and oxygen atoms in total. The second kappa shape index (κ2) is 8.49. The molecule has 0 aliphatic rings. The Bertz CT molecular complexity index is 1120. The first-order valence-electron chi connectivity index (χ1n) is 9.28. The van der Waals surface area contributed by atoms with Gasteiger partial charge in [0.2, 0.25) is 0 Å². The van der Waals surface area contributed by atoms with Gasteiger partial charge >= 0.3 is 0 Å². The Kier molecular flexibility index (Phi) is 6.03. The zero-order chi connectivity index (χ0) is 21.0. The van der Waals surface area contributed by atoms with Gasteiger partial charge in [-0.3, -0.25) is 9.52 Å². The monoisotopic (exact) mass is 408 g/mol. The molecule has 0 atom stereocenters. The van der Waals surface area contributed by atoms with E-state index in [2.05, 4.69) is 10.0 Å². The van der Waals surface area contributed by atoms with E-state index in [9.17, 15) is 13.2 Å². The van der Waals surface area contributed by atoms with Crippen LogP contribution in [-0.4, -0.2) is 14.3 Å². The molecule has 0 heterocycles. The average Bonchev–Trinajstić information content (AvgIpc) is 2.69. The van der Waals surface area contributed by atoms with Crippen molar-refractivity contribution in [3.05, 3.63) is 94.5 Å². The summed E-state index contributed by atoms with van der Waals surface area (Å²) < 4.78 is 28.3. The maximum absolute atomic E-state index is 12.9. The lowest BCUT2D eigenvalue weighted by Crippen LogP contribution is -2.23. The number of rotatable bonds is 6. The normalized spacial score (nSPS) is 11.1. The summed E-state index contributed by atoms with van der Waals surface area (Å²) in [5.41, 5.74) is 4.51. The van der Waals surface area contributed by atoms with Gasteiger partial charge in [0, 0.05) is 17.8 Å². The quantitative estimate of drug-likeness (QED) is 0.637. The predicted octanol–water partition coefficient (Wildman–Crippen LogP) is 4.34. The molecule has 3 rings (SSSR count). The summed E-state index contributed by atoms with van der Waals surface area (Å²) >= 11 is 0. The zero-order valence-corrected chi connectivity index (χ0v) is 17.5. The molecule has 0 radical (unpaired) electrons. The molecule has 0 spiro atoms. The van der Waals surface area contributed by atoms with Crippen molar-refractivity contribution < 1.29 is 13.2 Å². The van der Waals surface area contributed by atoms with Gasteiger partial charge in [-0.2, -0.15) is 0 Å². The highest BCUT2D eigenvalue weighted by atomic mass is 32.2. The van der Waals surface area contributed by atoms with Gasteiger partial charge in [-0.25, -0.2) is 8.42 Å². The van der Waals surface area contributed by atoms with E-state index in [1.54, 1.807) is 31.2 Å². The van der Waals surface area contributed by atoms with Crippen molar-refractivity contribution in [3.63, 3.8) is 0 Å². The maximum Gasteiger partial charge on any atom is 0.262 e. The molecule has 0 saturated carbocycles. The summed E-state index contributed by atoms with van der Waals surface area (Å²) in [4.78, 5) is 12.6. The number of aryl methyl sites for hydroxylation is 3. The van der Waals surface area contributed by atoms with Crippen molar-refractivity contribution in [2.45, 2.75) is 32.2 Å². The number of carbonyl (C=O) groups is 1. The lowest BCUT2D eigenvalue weighted by Gasteiger charge is -2.12. The second-order valence-corrected chi connectivity index (χ2v) is 8.77. The predicted molar refractivity (Wildman–Crippen MR) is 116 cm³/mol. The van der Waals surface area contributed by atoms with Gasteiger partial charge < -0.3 is 5.32 Å². The molecule has 0 saturated heterocycles. The lowest BCUT2D eigenvalue weighted by atomic mass is 10.1. The van der Waals surface area contributed by atoms with E-state index in [1.807, 2.05) is 50.2 Å². The maximum atomic E-state index is 12.9. The molecule has 0 aromatic heterocycles. The van der Waals surface area contributed by atoms with Gasteiger partial charge in [0.1, 0.15) is 0 Å². The number of hydrogen-bond acceptors (Lipinski definition) is 3. The molecular formula is C23H24N2O3S. The number of sulfonamides is 1. The fraction of sp³-hybridized carbons (Fsp3) is 0.174. The third kappa shape index (κ3) is 5.23. The van der Waals surface area contributed by atoms with E-state index in [4.69, 9.17) is 0 Å². The number of carbonyl (C=O) groups excluding carboxylic acids is 1. The van der Waals surface area contributed by atoms with Gasteiger partial charge in [-0.05, 0) is 56.2 Å². The fourth-order valence-corrected chi connectivity index (χ4v) is 4.18. The third-order valence-electron chi connectivity index (χ3n) is 4.62. The van der Waals surface area contributed by atoms with Gasteiger partial charge in [0.15, 0.2) is 0 Å². The van der Waals surface area contributed by atoms with Crippen LogP contribution in [0.1, 0.15) is 32.6 Å². The van der Waals surface area contributed by atoms with Crippen LogP contribution in [0.5, 0.6) is 0 Å². The number of benzene rings is 3. The Morgan fingerprint density at radius 1 is 0.828 bits per heavy atom. The van der Waals surface area contributed by atoms with Gasteiger partial charge in [0.25, 0.3) is 15.9 Å². The Morgan fingerprint density at radius 2 is 1.41 bits per heavy atom. The molecule has 2 N–H and O–H groups in total. The van der Waals surface area contributed by atoms with Crippen molar-refractivity contribution in [2.24, 2.45) is 0 Å². The average molecular weight is 409 g/mol. The minimum atomic E-state index is -3.81. The molecule has 0 aliphatic heterocycles. The van der Waals surface area contributed by atoms with E-state index in [0.29, 0.717) is 23.4 Å².